The number of allylic oxidation sites excluding steroid dienone is 2. The van der Waals surface area contributed by atoms with Crippen LogP contribution < -0.4 is 0 Å². The smallest absolute Gasteiger partial charge is 0.0208 e. The van der Waals surface area contributed by atoms with E-state index in [1.807, 2.05) is 0 Å². The summed E-state index contributed by atoms with van der Waals surface area (Å²) in [7, 11) is 0. The van der Waals surface area contributed by atoms with Crippen LogP contribution in [0.15, 0.2) is 12.2 Å². The Morgan fingerprint density at radius 1 is 1.00 bits per heavy atom. The van der Waals surface area contributed by atoms with E-state index in [0.29, 0.717) is 0 Å². The summed E-state index contributed by atoms with van der Waals surface area (Å²) in [6.45, 7) is 9.16. The zero-order valence-corrected chi connectivity index (χ0v) is 10.6. The molecule has 0 heterocycles. The average Bonchev–Trinajstić information content (AvgIpc) is 2.23. The van der Waals surface area contributed by atoms with Gasteiger partial charge in [0.2, 0.25) is 0 Å². The fourth-order valence-corrected chi connectivity index (χ4v) is 2.12. The molecule has 2 unspecified atom stereocenters. The van der Waals surface area contributed by atoms with Crippen LogP contribution in [0.25, 0.3) is 0 Å². The average molecular weight is 196 g/mol. The van der Waals surface area contributed by atoms with Crippen LogP contribution in [-0.2, 0) is 0 Å². The van der Waals surface area contributed by atoms with Crippen molar-refractivity contribution in [2.24, 2.45) is 11.8 Å². The lowest BCUT2D eigenvalue weighted by molar-refractivity contribution is 0.340. The Balaban J connectivity index is 4.06. The van der Waals surface area contributed by atoms with Crippen LogP contribution in [0.5, 0.6) is 0 Å². The molecular formula is C14H28. The molecule has 0 spiro atoms. The molecule has 2 atom stereocenters. The SMILES string of the molecule is CC/C=C\C(CC)C(CC)CCCC. The monoisotopic (exact) mass is 196 g/mol. The van der Waals surface area contributed by atoms with Gasteiger partial charge in [-0.1, -0.05) is 59.1 Å². The van der Waals surface area contributed by atoms with Gasteiger partial charge in [0.05, 0.1) is 0 Å². The Morgan fingerprint density at radius 2 is 1.71 bits per heavy atom. The first kappa shape index (κ1) is 13.7. The van der Waals surface area contributed by atoms with E-state index in [4.69, 9.17) is 0 Å². The Morgan fingerprint density at radius 3 is 2.14 bits per heavy atom. The summed E-state index contributed by atoms with van der Waals surface area (Å²) in [5.74, 6) is 1.74. The molecule has 0 nitrogen and oxygen atoms in total. The molecule has 14 heavy (non-hydrogen) atoms. The van der Waals surface area contributed by atoms with Gasteiger partial charge in [0.25, 0.3) is 0 Å². The van der Waals surface area contributed by atoms with E-state index < -0.39 is 0 Å². The minimum absolute atomic E-state index is 0.825. The molecule has 0 aliphatic carbocycles. The van der Waals surface area contributed by atoms with Crippen molar-refractivity contribution in [2.75, 3.05) is 0 Å². The van der Waals surface area contributed by atoms with E-state index in [1.165, 1.54) is 38.5 Å². The minimum atomic E-state index is 0.825. The standard InChI is InChI=1S/C14H28/c1-5-9-11-13(7-3)14(8-4)12-10-6-2/h9,11,13-14H,5-8,10,12H2,1-4H3/b11-9-. The quantitative estimate of drug-likeness (QED) is 0.468. The van der Waals surface area contributed by atoms with Gasteiger partial charge >= 0.3 is 0 Å². The first-order chi connectivity index (χ1) is 6.79. The second-order valence-corrected chi connectivity index (χ2v) is 4.22. The van der Waals surface area contributed by atoms with Crippen molar-refractivity contribution in [3.8, 4) is 0 Å². The minimum Gasteiger partial charge on any atom is -0.0885 e. The molecule has 0 aliphatic heterocycles. The molecule has 0 aromatic heterocycles. The van der Waals surface area contributed by atoms with E-state index in [9.17, 15) is 0 Å². The first-order valence-corrected chi connectivity index (χ1v) is 6.46. The number of unbranched alkanes of at least 4 members (excludes halogenated alkanes) is 1. The van der Waals surface area contributed by atoms with Gasteiger partial charge in [-0.25, -0.2) is 0 Å². The van der Waals surface area contributed by atoms with Gasteiger partial charge in [0.15, 0.2) is 0 Å². The van der Waals surface area contributed by atoms with Crippen LogP contribution in [0.1, 0.15) is 66.2 Å². The normalized spacial score (nSPS) is 16.0. The van der Waals surface area contributed by atoms with Gasteiger partial charge in [-0.2, -0.15) is 0 Å². The zero-order valence-electron chi connectivity index (χ0n) is 10.6. The van der Waals surface area contributed by atoms with Crippen molar-refractivity contribution in [2.45, 2.75) is 66.2 Å². The summed E-state index contributed by atoms with van der Waals surface area (Å²) >= 11 is 0. The van der Waals surface area contributed by atoms with Crippen molar-refractivity contribution in [1.29, 1.82) is 0 Å². The number of hydrogen-bond acceptors (Lipinski definition) is 0. The van der Waals surface area contributed by atoms with Gasteiger partial charge in [0, 0.05) is 0 Å². The zero-order chi connectivity index (χ0) is 10.8. The van der Waals surface area contributed by atoms with Crippen molar-refractivity contribution in [1.82, 2.24) is 0 Å². The fourth-order valence-electron chi connectivity index (χ4n) is 2.12. The van der Waals surface area contributed by atoms with Gasteiger partial charge in [-0.3, -0.25) is 0 Å². The highest BCUT2D eigenvalue weighted by Crippen LogP contribution is 2.26. The van der Waals surface area contributed by atoms with Crippen molar-refractivity contribution in [3.63, 3.8) is 0 Å². The van der Waals surface area contributed by atoms with Crippen LogP contribution >= 0.6 is 0 Å². The maximum Gasteiger partial charge on any atom is -0.0208 e. The highest BCUT2D eigenvalue weighted by Gasteiger charge is 2.14. The summed E-state index contributed by atoms with van der Waals surface area (Å²) in [6, 6.07) is 0. The van der Waals surface area contributed by atoms with Crippen molar-refractivity contribution < 1.29 is 0 Å². The van der Waals surface area contributed by atoms with E-state index in [1.54, 1.807) is 0 Å². The van der Waals surface area contributed by atoms with E-state index in [-0.39, 0.29) is 0 Å². The largest absolute Gasteiger partial charge is 0.0885 e. The van der Waals surface area contributed by atoms with Crippen molar-refractivity contribution in [3.05, 3.63) is 12.2 Å². The molecule has 0 saturated heterocycles. The van der Waals surface area contributed by atoms with Gasteiger partial charge in [-0.05, 0) is 31.1 Å². The maximum atomic E-state index is 2.45. The summed E-state index contributed by atoms with van der Waals surface area (Å²) in [4.78, 5) is 0. The lowest BCUT2D eigenvalue weighted by atomic mass is 9.84. The van der Waals surface area contributed by atoms with Crippen LogP contribution in [0.2, 0.25) is 0 Å². The van der Waals surface area contributed by atoms with Gasteiger partial charge < -0.3 is 0 Å². The molecule has 0 fully saturated rings. The second-order valence-electron chi connectivity index (χ2n) is 4.22. The van der Waals surface area contributed by atoms with E-state index in [0.717, 1.165) is 11.8 Å². The van der Waals surface area contributed by atoms with E-state index in [2.05, 4.69) is 39.8 Å². The molecule has 84 valence electrons. The van der Waals surface area contributed by atoms with Crippen molar-refractivity contribution >= 4 is 0 Å². The molecule has 0 aromatic carbocycles. The third-order valence-electron chi connectivity index (χ3n) is 3.15. The summed E-state index contributed by atoms with van der Waals surface area (Å²) in [6.07, 6.45) is 12.8. The van der Waals surface area contributed by atoms with E-state index >= 15 is 0 Å². The first-order valence-electron chi connectivity index (χ1n) is 6.46. The summed E-state index contributed by atoms with van der Waals surface area (Å²) < 4.78 is 0. The fraction of sp³-hybridized carbons (Fsp3) is 0.857. The predicted molar refractivity (Wildman–Crippen MR) is 66.5 cm³/mol. The number of hydrogen-bond donors (Lipinski definition) is 0. The molecule has 0 amide bonds. The summed E-state index contributed by atoms with van der Waals surface area (Å²) in [5, 5.41) is 0. The third kappa shape index (κ3) is 5.47. The molecule has 0 bridgehead atoms. The Hall–Kier alpha value is -0.260. The molecule has 0 radical (unpaired) electrons. The Kier molecular flexibility index (Phi) is 9.13. The molecule has 0 aromatic rings. The van der Waals surface area contributed by atoms with Crippen LogP contribution in [0.3, 0.4) is 0 Å². The lowest BCUT2D eigenvalue weighted by Crippen LogP contribution is -2.11. The highest BCUT2D eigenvalue weighted by molar-refractivity contribution is 4.90. The molecule has 0 N–H and O–H groups in total. The molecule has 0 heteroatoms. The Bertz CT molecular complexity index is 135. The van der Waals surface area contributed by atoms with Crippen LogP contribution in [0, 0.1) is 11.8 Å². The van der Waals surface area contributed by atoms with Gasteiger partial charge in [0.1, 0.15) is 0 Å². The molecule has 0 rings (SSSR count). The van der Waals surface area contributed by atoms with Gasteiger partial charge in [-0.15, -0.1) is 0 Å². The topological polar surface area (TPSA) is 0 Å². The molecule has 0 saturated carbocycles. The molecule has 0 aliphatic rings. The predicted octanol–water partition coefficient (Wildman–Crippen LogP) is 5.20. The van der Waals surface area contributed by atoms with Crippen LogP contribution in [-0.4, -0.2) is 0 Å². The number of rotatable bonds is 8. The highest BCUT2D eigenvalue weighted by atomic mass is 14.2. The van der Waals surface area contributed by atoms with Crippen LogP contribution in [0.4, 0.5) is 0 Å². The lowest BCUT2D eigenvalue weighted by Gasteiger charge is -2.22. The second kappa shape index (κ2) is 9.30. The molecular weight excluding hydrogens is 168 g/mol. The third-order valence-corrected chi connectivity index (χ3v) is 3.15. The summed E-state index contributed by atoms with van der Waals surface area (Å²) in [5.41, 5.74) is 0. The Labute approximate surface area is 90.8 Å². The maximum absolute atomic E-state index is 2.45.